The first-order valence-electron chi connectivity index (χ1n) is 5.44. The molecule has 5 nitrogen and oxygen atoms in total. The average molecular weight is 271 g/mol. The van der Waals surface area contributed by atoms with E-state index in [1.54, 1.807) is 6.92 Å². The minimum Gasteiger partial charge on any atom is -0.486 e. The lowest BCUT2D eigenvalue weighted by Crippen LogP contribution is -2.20. The maximum absolute atomic E-state index is 11.8. The second-order valence-electron chi connectivity index (χ2n) is 3.53. The van der Waals surface area contributed by atoms with Gasteiger partial charge in [-0.05, 0) is 13.0 Å². The number of esters is 1. The molecular weight excluding hydrogens is 260 g/mol. The predicted octanol–water partition coefficient (Wildman–Crippen LogP) is 1.86. The molecule has 0 saturated heterocycles. The monoisotopic (exact) mass is 270 g/mol. The summed E-state index contributed by atoms with van der Waals surface area (Å²) in [6.45, 7) is 2.57. The minimum absolute atomic E-state index is 0.0550. The number of carbonyl (C=O) groups excluding carboxylic acids is 2. The van der Waals surface area contributed by atoms with E-state index in [9.17, 15) is 9.59 Å². The molecule has 0 N–H and O–H groups in total. The Labute approximate surface area is 109 Å². The minimum atomic E-state index is -0.934. The van der Waals surface area contributed by atoms with Gasteiger partial charge in [-0.25, -0.2) is 4.79 Å². The van der Waals surface area contributed by atoms with Crippen LogP contribution in [0.4, 0.5) is 0 Å². The van der Waals surface area contributed by atoms with E-state index in [-0.39, 0.29) is 17.2 Å². The number of ketones is 1. The Morgan fingerprint density at radius 2 is 1.89 bits per heavy atom. The molecule has 0 unspecified atom stereocenters. The quantitative estimate of drug-likeness (QED) is 0.477. The van der Waals surface area contributed by atoms with E-state index in [0.29, 0.717) is 24.7 Å². The molecule has 1 aliphatic heterocycles. The average Bonchev–Trinajstić information content (AvgIpc) is 2.37. The molecule has 0 aromatic heterocycles. The third kappa shape index (κ3) is 2.41. The van der Waals surface area contributed by atoms with Gasteiger partial charge < -0.3 is 14.2 Å². The van der Waals surface area contributed by atoms with Crippen LogP contribution in [0.3, 0.4) is 0 Å². The predicted molar refractivity (Wildman–Crippen MR) is 63.4 cm³/mol. The topological polar surface area (TPSA) is 61.8 Å². The van der Waals surface area contributed by atoms with Gasteiger partial charge >= 0.3 is 5.97 Å². The lowest BCUT2D eigenvalue weighted by atomic mass is 10.1. The Kier molecular flexibility index (Phi) is 3.72. The van der Waals surface area contributed by atoms with Gasteiger partial charge in [0.1, 0.15) is 13.2 Å². The van der Waals surface area contributed by atoms with Crippen LogP contribution in [0.2, 0.25) is 5.02 Å². The Bertz CT molecular complexity index is 497. The van der Waals surface area contributed by atoms with E-state index in [0.717, 1.165) is 0 Å². The highest BCUT2D eigenvalue weighted by atomic mass is 35.5. The fourth-order valence-corrected chi connectivity index (χ4v) is 1.78. The number of Topliss-reactive ketones (excluding diaryl/α,β-unsaturated/α-hetero) is 1. The number of hydrogen-bond acceptors (Lipinski definition) is 5. The van der Waals surface area contributed by atoms with E-state index in [4.69, 9.17) is 21.1 Å². The van der Waals surface area contributed by atoms with Gasteiger partial charge in [-0.1, -0.05) is 11.6 Å². The highest BCUT2D eigenvalue weighted by molar-refractivity contribution is 6.45. The van der Waals surface area contributed by atoms with Gasteiger partial charge in [-0.2, -0.15) is 0 Å². The zero-order chi connectivity index (χ0) is 13.1. The molecular formula is C12H11ClO5. The van der Waals surface area contributed by atoms with Crippen LogP contribution in [0.25, 0.3) is 0 Å². The molecule has 0 saturated carbocycles. The standard InChI is InChI=1S/C12H11ClO5/c1-2-16-12(15)11(14)7-5-9-10(6-8(7)13)18-4-3-17-9/h5-6H,2-4H2,1H3. The van der Waals surface area contributed by atoms with Gasteiger partial charge in [-0.3, -0.25) is 4.79 Å². The zero-order valence-electron chi connectivity index (χ0n) is 9.70. The number of fused-ring (bicyclic) bond motifs is 1. The number of ether oxygens (including phenoxy) is 3. The third-order valence-corrected chi connectivity index (χ3v) is 2.65. The van der Waals surface area contributed by atoms with Crippen molar-refractivity contribution in [3.8, 4) is 11.5 Å². The summed E-state index contributed by atoms with van der Waals surface area (Å²) in [4.78, 5) is 23.1. The number of carbonyl (C=O) groups is 2. The normalized spacial score (nSPS) is 13.0. The Hall–Kier alpha value is -1.75. The SMILES string of the molecule is CCOC(=O)C(=O)c1cc2c(cc1Cl)OCCO2. The van der Waals surface area contributed by atoms with Crippen LogP contribution in [-0.4, -0.2) is 31.6 Å². The smallest absolute Gasteiger partial charge is 0.379 e. The van der Waals surface area contributed by atoms with Crippen LogP contribution < -0.4 is 9.47 Å². The molecule has 0 spiro atoms. The molecule has 1 aliphatic rings. The van der Waals surface area contributed by atoms with Gasteiger partial charge in [0.2, 0.25) is 0 Å². The van der Waals surface area contributed by atoms with Crippen molar-refractivity contribution < 1.29 is 23.8 Å². The molecule has 0 amide bonds. The van der Waals surface area contributed by atoms with Gasteiger partial charge in [0, 0.05) is 6.07 Å². The van der Waals surface area contributed by atoms with Gasteiger partial charge in [-0.15, -0.1) is 0 Å². The molecule has 1 heterocycles. The van der Waals surface area contributed by atoms with E-state index < -0.39 is 11.8 Å². The first kappa shape index (κ1) is 12.7. The number of hydrogen-bond donors (Lipinski definition) is 0. The Morgan fingerprint density at radius 3 is 2.50 bits per heavy atom. The number of halogens is 1. The number of rotatable bonds is 3. The highest BCUT2D eigenvalue weighted by Crippen LogP contribution is 2.35. The largest absolute Gasteiger partial charge is 0.486 e. The molecule has 6 heteroatoms. The van der Waals surface area contributed by atoms with Crippen LogP contribution >= 0.6 is 11.6 Å². The van der Waals surface area contributed by atoms with Crippen molar-refractivity contribution in [2.45, 2.75) is 6.92 Å². The summed E-state index contributed by atoms with van der Waals surface area (Å²) in [5.41, 5.74) is 0.0550. The molecule has 96 valence electrons. The third-order valence-electron chi connectivity index (χ3n) is 2.34. The van der Waals surface area contributed by atoms with E-state index in [1.807, 2.05) is 0 Å². The summed E-state index contributed by atoms with van der Waals surface area (Å²) in [5.74, 6) is -0.861. The zero-order valence-corrected chi connectivity index (χ0v) is 10.5. The maximum atomic E-state index is 11.8. The van der Waals surface area contributed by atoms with Crippen LogP contribution in [-0.2, 0) is 9.53 Å². The number of benzene rings is 1. The van der Waals surface area contributed by atoms with Crippen molar-refractivity contribution in [3.05, 3.63) is 22.7 Å². The van der Waals surface area contributed by atoms with Crippen LogP contribution in [0, 0.1) is 0 Å². The molecule has 0 atom stereocenters. The molecule has 0 radical (unpaired) electrons. The van der Waals surface area contributed by atoms with Gasteiger partial charge in [0.15, 0.2) is 11.5 Å². The van der Waals surface area contributed by atoms with Crippen molar-refractivity contribution in [2.75, 3.05) is 19.8 Å². The lowest BCUT2D eigenvalue weighted by molar-refractivity contribution is -0.137. The second-order valence-corrected chi connectivity index (χ2v) is 3.93. The fraction of sp³-hybridized carbons (Fsp3) is 0.333. The van der Waals surface area contributed by atoms with Crippen molar-refractivity contribution in [1.82, 2.24) is 0 Å². The second kappa shape index (κ2) is 5.27. The van der Waals surface area contributed by atoms with Gasteiger partial charge in [0.05, 0.1) is 17.2 Å². The molecule has 1 aromatic rings. The molecule has 18 heavy (non-hydrogen) atoms. The summed E-state index contributed by atoms with van der Waals surface area (Å²) in [6, 6.07) is 2.86. The fourth-order valence-electron chi connectivity index (χ4n) is 1.54. The summed E-state index contributed by atoms with van der Waals surface area (Å²) in [6.07, 6.45) is 0. The summed E-state index contributed by atoms with van der Waals surface area (Å²) in [7, 11) is 0. The molecule has 1 aromatic carbocycles. The molecule has 2 rings (SSSR count). The molecule has 0 aliphatic carbocycles. The van der Waals surface area contributed by atoms with Crippen LogP contribution in [0.15, 0.2) is 12.1 Å². The van der Waals surface area contributed by atoms with E-state index in [1.165, 1.54) is 12.1 Å². The maximum Gasteiger partial charge on any atom is 0.379 e. The van der Waals surface area contributed by atoms with Crippen molar-refractivity contribution in [2.24, 2.45) is 0 Å². The van der Waals surface area contributed by atoms with E-state index in [2.05, 4.69) is 4.74 Å². The van der Waals surface area contributed by atoms with Crippen molar-refractivity contribution in [3.63, 3.8) is 0 Å². The van der Waals surface area contributed by atoms with E-state index >= 15 is 0 Å². The Morgan fingerprint density at radius 1 is 1.28 bits per heavy atom. The van der Waals surface area contributed by atoms with Crippen molar-refractivity contribution in [1.29, 1.82) is 0 Å². The van der Waals surface area contributed by atoms with Gasteiger partial charge in [0.25, 0.3) is 5.78 Å². The van der Waals surface area contributed by atoms with Crippen molar-refractivity contribution >= 4 is 23.4 Å². The summed E-state index contributed by atoms with van der Waals surface area (Å²) >= 11 is 5.94. The van der Waals surface area contributed by atoms with Crippen LogP contribution in [0.1, 0.15) is 17.3 Å². The Balaban J connectivity index is 2.33. The first-order chi connectivity index (χ1) is 8.63. The van der Waals surface area contributed by atoms with Crippen LogP contribution in [0.5, 0.6) is 11.5 Å². The molecule has 0 bridgehead atoms. The summed E-state index contributed by atoms with van der Waals surface area (Å²) in [5, 5.41) is 0.136. The highest BCUT2D eigenvalue weighted by Gasteiger charge is 2.24. The summed E-state index contributed by atoms with van der Waals surface area (Å²) < 4.78 is 15.3. The first-order valence-corrected chi connectivity index (χ1v) is 5.82. The lowest BCUT2D eigenvalue weighted by Gasteiger charge is -2.19. The molecule has 0 fully saturated rings.